The number of hydrogen-bond donors (Lipinski definition) is 6. The molecule has 0 radical (unpaired) electrons. The van der Waals surface area contributed by atoms with Crippen LogP contribution in [0.1, 0.15) is 91.3 Å². The van der Waals surface area contributed by atoms with Gasteiger partial charge in [0.1, 0.15) is 17.0 Å². The number of rotatable bonds is 18. The minimum absolute atomic E-state index is 0.00584. The van der Waals surface area contributed by atoms with Crippen LogP contribution in [0.25, 0.3) is 0 Å². The normalized spacial score (nSPS) is 16.6. The lowest BCUT2D eigenvalue weighted by atomic mass is 9.82. The van der Waals surface area contributed by atoms with Crippen LogP contribution >= 0.6 is 0 Å². The number of fused-ring (bicyclic) bond motifs is 2. The van der Waals surface area contributed by atoms with Crippen LogP contribution in [0.15, 0.2) is 94.7 Å². The Kier molecular flexibility index (Phi) is 15.4. The highest BCUT2D eigenvalue weighted by Gasteiger charge is 2.39. The van der Waals surface area contributed by atoms with E-state index in [1.807, 2.05) is 37.3 Å². The number of anilines is 3. The summed E-state index contributed by atoms with van der Waals surface area (Å²) >= 11 is 0. The second-order valence-corrected chi connectivity index (χ2v) is 21.0. The van der Waals surface area contributed by atoms with Gasteiger partial charge in [0.15, 0.2) is 21.4 Å². The first-order chi connectivity index (χ1) is 31.6. The zero-order chi connectivity index (χ0) is 49.0. The Bertz CT molecular complexity index is 2820. The smallest absolute Gasteiger partial charge is 0.296 e. The average molecular weight is 957 g/mol. The minimum atomic E-state index is -5.00. The Morgan fingerprint density at radius 3 is 2.09 bits per heavy atom. The molecule has 4 aromatic carbocycles. The minimum Gasteiger partial charge on any atom is -0.397 e. The fourth-order valence-corrected chi connectivity index (χ4v) is 10.3. The van der Waals surface area contributed by atoms with Crippen LogP contribution < -0.4 is 27.0 Å². The number of nitrogens with one attached hydrogen (secondary N) is 4. The van der Waals surface area contributed by atoms with Crippen molar-refractivity contribution in [3.63, 3.8) is 0 Å². The van der Waals surface area contributed by atoms with E-state index in [0.29, 0.717) is 32.2 Å². The van der Waals surface area contributed by atoms with E-state index in [4.69, 9.17) is 5.73 Å². The van der Waals surface area contributed by atoms with E-state index in [1.165, 1.54) is 47.4 Å². The molecule has 5 unspecified atom stereocenters. The van der Waals surface area contributed by atoms with Crippen molar-refractivity contribution in [2.75, 3.05) is 29.9 Å². The van der Waals surface area contributed by atoms with Gasteiger partial charge in [0, 0.05) is 47.8 Å². The molecule has 17 nitrogen and oxygen atoms in total. The third-order valence-electron chi connectivity index (χ3n) is 12.2. The number of likely N-dealkylation sites (tertiary alicyclic amines) is 1. The summed E-state index contributed by atoms with van der Waals surface area (Å²) in [4.78, 5) is 80.9. The van der Waals surface area contributed by atoms with Crippen molar-refractivity contribution < 1.29 is 50.2 Å². The molecule has 1 aliphatic carbocycles. The predicted molar refractivity (Wildman–Crippen MR) is 251 cm³/mol. The number of hydrogen-bond acceptors (Lipinski definition) is 12. The van der Waals surface area contributed by atoms with Crippen molar-refractivity contribution in [1.82, 2.24) is 20.9 Å². The fourth-order valence-electron chi connectivity index (χ4n) is 8.49. The third-order valence-corrected chi connectivity index (χ3v) is 14.8. The van der Waals surface area contributed by atoms with Crippen LogP contribution in [0.3, 0.4) is 0 Å². The zero-order valence-corrected chi connectivity index (χ0v) is 39.5. The number of ketones is 2. The van der Waals surface area contributed by atoms with Gasteiger partial charge < -0.3 is 31.9 Å². The molecule has 0 saturated carbocycles. The quantitative estimate of drug-likeness (QED) is 0.0524. The number of nitrogens with two attached hydrogens (primary N) is 1. The number of carbonyl (C=O) groups excluding carboxylic acids is 6. The molecule has 356 valence electrons. The fraction of sp³-hybridized carbons (Fsp3) is 0.375. The number of nitrogens with zero attached hydrogens (tertiary/aromatic N) is 1. The van der Waals surface area contributed by atoms with Crippen LogP contribution in [0.4, 0.5) is 17.1 Å². The van der Waals surface area contributed by atoms with Gasteiger partial charge in [-0.05, 0) is 68.4 Å². The van der Waals surface area contributed by atoms with Gasteiger partial charge >= 0.3 is 0 Å². The van der Waals surface area contributed by atoms with Crippen molar-refractivity contribution in [2.24, 2.45) is 17.8 Å². The highest BCUT2D eigenvalue weighted by molar-refractivity contribution is 7.91. The molecular weight excluding hydrogens is 901 g/mol. The first-order valence-corrected chi connectivity index (χ1v) is 25.1. The first kappa shape index (κ1) is 50.0. The summed E-state index contributed by atoms with van der Waals surface area (Å²) in [5.41, 5.74) is 5.66. The summed E-state index contributed by atoms with van der Waals surface area (Å²) in [6, 6.07) is 19.8. The number of sulfone groups is 1. The molecular formula is C48H56N6O11S2. The molecule has 4 aromatic rings. The van der Waals surface area contributed by atoms with Crippen molar-refractivity contribution in [3.8, 4) is 0 Å². The molecule has 5 atom stereocenters. The second-order valence-electron chi connectivity index (χ2n) is 17.5. The molecule has 4 amide bonds. The zero-order valence-electron chi connectivity index (χ0n) is 37.9. The maximum absolute atomic E-state index is 13.9. The first-order valence-electron chi connectivity index (χ1n) is 22.0. The third kappa shape index (κ3) is 11.4. The largest absolute Gasteiger partial charge is 0.397 e. The maximum Gasteiger partial charge on any atom is 0.296 e. The monoisotopic (exact) mass is 956 g/mol. The van der Waals surface area contributed by atoms with E-state index in [1.54, 1.807) is 33.8 Å². The maximum atomic E-state index is 13.9. The van der Waals surface area contributed by atoms with Gasteiger partial charge in [0.25, 0.3) is 10.1 Å². The summed E-state index contributed by atoms with van der Waals surface area (Å²) < 4.78 is 62.0. The standard InChI is InChI=1S/C48H56N6O11S2/c1-27(2)45(57)51-30(5)48(60)54-21-12-19-38(54)47(59)53-36(24-31-13-7-6-8-14-31)28(3)23-29(4)46(58)50-20-22-66(61,62)33-16-11-15-32(25-33)52-37-26-39(67(63,64)65)42(49)41-40(37)43(55)34-17-9-10-18-35(34)44(41)56/h6-11,13-18,25-30,36,38,52H,12,19-24,49H2,1-5H3,(H,50,58)(H,51,57)(H,53,59)(H,63,64,65). The Hall–Kier alpha value is -6.44. The molecule has 2 aliphatic rings. The van der Waals surface area contributed by atoms with E-state index < -0.39 is 83.4 Å². The highest BCUT2D eigenvalue weighted by Crippen LogP contribution is 2.40. The number of benzene rings is 4. The van der Waals surface area contributed by atoms with Crippen molar-refractivity contribution in [1.29, 1.82) is 0 Å². The molecule has 1 saturated heterocycles. The SMILES string of the molecule is CC(C)C(=O)NC(C)C(=O)N1CCCC1C(=O)NC(Cc1ccccc1)C(C)CC(C)C(=O)NCCS(=O)(=O)c1cccc(Nc2cc(S(=O)(=O)O)c(N)c3c2C(=O)c2ccccc2C3=O)c1. The topological polar surface area (TPSA) is 268 Å². The van der Waals surface area contributed by atoms with Gasteiger partial charge in [-0.25, -0.2) is 8.42 Å². The van der Waals surface area contributed by atoms with Crippen LogP contribution in [0, 0.1) is 17.8 Å². The molecule has 1 aliphatic heterocycles. The van der Waals surface area contributed by atoms with E-state index in [9.17, 15) is 50.2 Å². The Labute approximate surface area is 390 Å². The van der Waals surface area contributed by atoms with Crippen LogP contribution in [-0.4, -0.2) is 98.5 Å². The van der Waals surface area contributed by atoms with E-state index in [2.05, 4.69) is 21.3 Å². The van der Waals surface area contributed by atoms with E-state index >= 15 is 0 Å². The van der Waals surface area contributed by atoms with Crippen molar-refractivity contribution in [3.05, 3.63) is 113 Å². The molecule has 7 N–H and O–H groups in total. The van der Waals surface area contributed by atoms with Gasteiger partial charge in [-0.2, -0.15) is 8.42 Å². The lowest BCUT2D eigenvalue weighted by molar-refractivity contribution is -0.141. The summed E-state index contributed by atoms with van der Waals surface area (Å²) in [5, 5.41) is 11.4. The Morgan fingerprint density at radius 1 is 0.806 bits per heavy atom. The number of carbonyl (C=O) groups is 6. The summed E-state index contributed by atoms with van der Waals surface area (Å²) in [7, 11) is -9.05. The molecule has 0 bridgehead atoms. The van der Waals surface area contributed by atoms with Gasteiger partial charge in [-0.15, -0.1) is 0 Å². The van der Waals surface area contributed by atoms with Gasteiger partial charge in [-0.3, -0.25) is 33.3 Å². The van der Waals surface area contributed by atoms with Crippen molar-refractivity contribution in [2.45, 2.75) is 88.2 Å². The second kappa shape index (κ2) is 20.6. The van der Waals surface area contributed by atoms with Gasteiger partial charge in [0.05, 0.1) is 33.2 Å². The lowest BCUT2D eigenvalue weighted by Gasteiger charge is -2.31. The Morgan fingerprint density at radius 2 is 1.45 bits per heavy atom. The molecule has 1 heterocycles. The van der Waals surface area contributed by atoms with Crippen LogP contribution in [0.2, 0.25) is 0 Å². The number of amides is 4. The lowest BCUT2D eigenvalue weighted by Crippen LogP contribution is -2.55. The summed E-state index contributed by atoms with van der Waals surface area (Å²) in [6.45, 7) is 8.82. The van der Waals surface area contributed by atoms with Crippen LogP contribution in [-0.2, 0) is 45.6 Å². The molecule has 19 heteroatoms. The van der Waals surface area contributed by atoms with Gasteiger partial charge in [0.2, 0.25) is 23.6 Å². The molecule has 1 fully saturated rings. The molecule has 6 rings (SSSR count). The average Bonchev–Trinajstić information content (AvgIpc) is 3.78. The summed E-state index contributed by atoms with van der Waals surface area (Å²) in [6.07, 6.45) is 1.85. The summed E-state index contributed by atoms with van der Waals surface area (Å²) in [5.74, 6) is -4.38. The Balaban J connectivity index is 1.11. The van der Waals surface area contributed by atoms with Crippen molar-refractivity contribution >= 4 is 72.2 Å². The van der Waals surface area contributed by atoms with Gasteiger partial charge in [-0.1, -0.05) is 88.4 Å². The number of nitrogen functional groups attached to an aromatic ring is 1. The molecule has 0 spiro atoms. The van der Waals surface area contributed by atoms with E-state index in [0.717, 1.165) is 11.6 Å². The van der Waals surface area contributed by atoms with E-state index in [-0.39, 0.29) is 69.1 Å². The van der Waals surface area contributed by atoms with Crippen LogP contribution in [0.5, 0.6) is 0 Å². The predicted octanol–water partition coefficient (Wildman–Crippen LogP) is 4.47. The highest BCUT2D eigenvalue weighted by atomic mass is 32.2. The molecule has 0 aromatic heterocycles. The molecule has 67 heavy (non-hydrogen) atoms.